The van der Waals surface area contributed by atoms with Gasteiger partial charge in [-0.15, -0.1) is 0 Å². The third kappa shape index (κ3) is 3.98. The third-order valence-electron chi connectivity index (χ3n) is 3.76. The first-order valence-electron chi connectivity index (χ1n) is 6.96. The maximum atomic E-state index is 13.5. The Balaban J connectivity index is 1.85. The first-order chi connectivity index (χ1) is 9.49. The molecule has 5 heteroatoms. The second-order valence-electron chi connectivity index (χ2n) is 5.75. The fourth-order valence-corrected chi connectivity index (χ4v) is 2.45. The van der Waals surface area contributed by atoms with Crippen LogP contribution < -0.4 is 5.32 Å². The number of halogens is 2. The molecule has 1 fully saturated rings. The van der Waals surface area contributed by atoms with E-state index in [9.17, 15) is 8.78 Å². The van der Waals surface area contributed by atoms with Crippen molar-refractivity contribution < 1.29 is 13.5 Å². The summed E-state index contributed by atoms with van der Waals surface area (Å²) in [6.45, 7) is 8.81. The van der Waals surface area contributed by atoms with E-state index in [1.54, 1.807) is 0 Å². The summed E-state index contributed by atoms with van der Waals surface area (Å²) in [7, 11) is 0. The van der Waals surface area contributed by atoms with Crippen LogP contribution in [-0.4, -0.2) is 43.3 Å². The zero-order chi connectivity index (χ0) is 14.6. The van der Waals surface area contributed by atoms with Crippen molar-refractivity contribution in [3.63, 3.8) is 0 Å². The van der Waals surface area contributed by atoms with E-state index >= 15 is 0 Å². The van der Waals surface area contributed by atoms with Crippen molar-refractivity contribution in [1.29, 1.82) is 0 Å². The third-order valence-corrected chi connectivity index (χ3v) is 3.76. The first-order valence-corrected chi connectivity index (χ1v) is 6.96. The lowest BCUT2D eigenvalue weighted by Gasteiger charge is -2.41. The molecule has 0 aliphatic carbocycles. The molecule has 1 aromatic rings. The summed E-state index contributed by atoms with van der Waals surface area (Å²) in [5.41, 5.74) is 0.476. The van der Waals surface area contributed by atoms with Gasteiger partial charge in [-0.3, -0.25) is 4.90 Å². The Morgan fingerprint density at radius 2 is 1.95 bits per heavy atom. The van der Waals surface area contributed by atoms with Gasteiger partial charge in [-0.25, -0.2) is 8.78 Å². The van der Waals surface area contributed by atoms with Gasteiger partial charge in [0.1, 0.15) is 11.6 Å². The van der Waals surface area contributed by atoms with Crippen molar-refractivity contribution in [2.24, 2.45) is 0 Å². The zero-order valence-electron chi connectivity index (χ0n) is 12.1. The van der Waals surface area contributed by atoms with Crippen molar-refractivity contribution in [2.45, 2.75) is 25.9 Å². The van der Waals surface area contributed by atoms with E-state index in [0.717, 1.165) is 38.9 Å². The van der Waals surface area contributed by atoms with E-state index in [1.165, 1.54) is 12.1 Å². The lowest BCUT2D eigenvalue weighted by atomic mass is 10.0. The minimum Gasteiger partial charge on any atom is -0.379 e. The molecule has 2 rings (SSSR count). The minimum absolute atomic E-state index is 0.0136. The molecule has 0 atom stereocenters. The molecule has 1 heterocycles. The summed E-state index contributed by atoms with van der Waals surface area (Å²) in [6, 6.07) is 3.69. The maximum absolute atomic E-state index is 13.5. The molecule has 0 spiro atoms. The number of nitrogens with zero attached hydrogens (tertiary/aromatic N) is 1. The summed E-state index contributed by atoms with van der Waals surface area (Å²) < 4.78 is 31.7. The normalized spacial score (nSPS) is 17.4. The van der Waals surface area contributed by atoms with E-state index < -0.39 is 11.6 Å². The molecule has 0 saturated carbocycles. The number of nitrogens with one attached hydrogen (secondary N) is 1. The quantitative estimate of drug-likeness (QED) is 0.897. The standard InChI is InChI=1S/C15H22F2N2O/c1-15(2,19-5-7-20-8-6-19)11-18-10-12-3-4-13(16)9-14(12)17/h3-4,9,18H,5-8,10-11H2,1-2H3. The lowest BCUT2D eigenvalue weighted by Crippen LogP contribution is -2.54. The minimum atomic E-state index is -0.542. The number of morpholine rings is 1. The highest BCUT2D eigenvalue weighted by Crippen LogP contribution is 2.16. The molecule has 0 radical (unpaired) electrons. The van der Waals surface area contributed by atoms with Gasteiger partial charge in [0.05, 0.1) is 13.2 Å². The SMILES string of the molecule is CC(C)(CNCc1ccc(F)cc1F)N1CCOCC1. The first kappa shape index (κ1) is 15.4. The number of hydrogen-bond acceptors (Lipinski definition) is 3. The smallest absolute Gasteiger partial charge is 0.130 e. The second kappa shape index (κ2) is 6.61. The summed E-state index contributed by atoms with van der Waals surface area (Å²) in [4.78, 5) is 2.37. The molecular formula is C15H22F2N2O. The molecule has 1 aliphatic rings. The lowest BCUT2D eigenvalue weighted by molar-refractivity contribution is -0.00968. The molecule has 112 valence electrons. The van der Waals surface area contributed by atoms with Gasteiger partial charge in [0, 0.05) is 43.3 Å². The highest BCUT2D eigenvalue weighted by molar-refractivity contribution is 5.18. The summed E-state index contributed by atoms with van der Waals surface area (Å²) in [5, 5.41) is 3.25. The Morgan fingerprint density at radius 1 is 1.25 bits per heavy atom. The van der Waals surface area contributed by atoms with Crippen molar-refractivity contribution in [2.75, 3.05) is 32.8 Å². The van der Waals surface area contributed by atoms with Crippen molar-refractivity contribution in [1.82, 2.24) is 10.2 Å². The van der Waals surface area contributed by atoms with Gasteiger partial charge in [0.2, 0.25) is 0 Å². The highest BCUT2D eigenvalue weighted by Gasteiger charge is 2.27. The highest BCUT2D eigenvalue weighted by atomic mass is 19.1. The summed E-state index contributed by atoms with van der Waals surface area (Å²) >= 11 is 0. The fourth-order valence-electron chi connectivity index (χ4n) is 2.45. The molecule has 0 amide bonds. The van der Waals surface area contributed by atoms with E-state index in [1.807, 2.05) is 0 Å². The Hall–Kier alpha value is -1.04. The molecule has 0 bridgehead atoms. The molecule has 20 heavy (non-hydrogen) atoms. The van der Waals surface area contributed by atoms with E-state index in [-0.39, 0.29) is 5.54 Å². The topological polar surface area (TPSA) is 24.5 Å². The van der Waals surface area contributed by atoms with Gasteiger partial charge in [-0.1, -0.05) is 6.07 Å². The fraction of sp³-hybridized carbons (Fsp3) is 0.600. The summed E-state index contributed by atoms with van der Waals surface area (Å²) in [6.07, 6.45) is 0. The largest absolute Gasteiger partial charge is 0.379 e. The van der Waals surface area contributed by atoms with Crippen molar-refractivity contribution in [3.05, 3.63) is 35.4 Å². The van der Waals surface area contributed by atoms with Gasteiger partial charge in [0.25, 0.3) is 0 Å². The number of ether oxygens (including phenoxy) is 1. The van der Waals surface area contributed by atoms with E-state index in [0.29, 0.717) is 12.1 Å². The average molecular weight is 284 g/mol. The molecule has 1 saturated heterocycles. The van der Waals surface area contributed by atoms with Crippen LogP contribution in [0, 0.1) is 11.6 Å². The average Bonchev–Trinajstić information content (AvgIpc) is 2.42. The molecule has 0 aromatic heterocycles. The Kier molecular flexibility index (Phi) is 5.07. The van der Waals surface area contributed by atoms with Crippen LogP contribution in [0.2, 0.25) is 0 Å². The van der Waals surface area contributed by atoms with Crippen molar-refractivity contribution >= 4 is 0 Å². The van der Waals surface area contributed by atoms with Gasteiger partial charge >= 0.3 is 0 Å². The van der Waals surface area contributed by atoms with Crippen LogP contribution in [0.25, 0.3) is 0 Å². The van der Waals surface area contributed by atoms with E-state index in [2.05, 4.69) is 24.1 Å². The molecule has 3 nitrogen and oxygen atoms in total. The predicted octanol–water partition coefficient (Wildman–Crippen LogP) is 2.17. The summed E-state index contributed by atoms with van der Waals surface area (Å²) in [5.74, 6) is -1.04. The van der Waals surface area contributed by atoms with Gasteiger partial charge in [0.15, 0.2) is 0 Å². The number of hydrogen-bond donors (Lipinski definition) is 1. The van der Waals surface area contributed by atoms with Gasteiger partial charge in [-0.2, -0.15) is 0 Å². The van der Waals surface area contributed by atoms with Crippen LogP contribution in [0.3, 0.4) is 0 Å². The molecular weight excluding hydrogens is 262 g/mol. The number of benzene rings is 1. The monoisotopic (exact) mass is 284 g/mol. The Labute approximate surface area is 118 Å². The molecule has 0 unspecified atom stereocenters. The van der Waals surface area contributed by atoms with Crippen LogP contribution in [0.4, 0.5) is 8.78 Å². The van der Waals surface area contributed by atoms with Crippen LogP contribution in [0.5, 0.6) is 0 Å². The van der Waals surface area contributed by atoms with E-state index in [4.69, 9.17) is 4.74 Å². The Bertz CT molecular complexity index is 445. The Morgan fingerprint density at radius 3 is 2.60 bits per heavy atom. The maximum Gasteiger partial charge on any atom is 0.130 e. The molecule has 1 aliphatic heterocycles. The van der Waals surface area contributed by atoms with Crippen LogP contribution in [-0.2, 0) is 11.3 Å². The van der Waals surface area contributed by atoms with Crippen LogP contribution in [0.1, 0.15) is 19.4 Å². The van der Waals surface area contributed by atoms with Gasteiger partial charge < -0.3 is 10.1 Å². The van der Waals surface area contributed by atoms with Crippen molar-refractivity contribution in [3.8, 4) is 0 Å². The number of rotatable bonds is 5. The van der Waals surface area contributed by atoms with Gasteiger partial charge in [-0.05, 0) is 19.9 Å². The molecule has 1 aromatic carbocycles. The second-order valence-corrected chi connectivity index (χ2v) is 5.75. The zero-order valence-corrected chi connectivity index (χ0v) is 12.1. The molecule has 1 N–H and O–H groups in total. The van der Waals surface area contributed by atoms with Crippen LogP contribution >= 0.6 is 0 Å². The predicted molar refractivity (Wildman–Crippen MR) is 74.5 cm³/mol. The van der Waals surface area contributed by atoms with Crippen LogP contribution in [0.15, 0.2) is 18.2 Å².